The minimum atomic E-state index is 0.811. The van der Waals surface area contributed by atoms with Gasteiger partial charge in [0, 0.05) is 12.3 Å². The first-order valence-electron chi connectivity index (χ1n) is 4.34. The number of nitrogens with zero attached hydrogens (tertiary/aromatic N) is 1. The van der Waals surface area contributed by atoms with E-state index in [1.54, 1.807) is 0 Å². The Labute approximate surface area is 70.0 Å². The van der Waals surface area contributed by atoms with Crippen LogP contribution in [0, 0.1) is 18.3 Å². The number of hydrogen-bond acceptors (Lipinski definition) is 0. The average molecular weight is 152 g/mol. The molecule has 0 aromatic carbocycles. The minimum Gasteiger partial charge on any atom is -0.316 e. The summed E-state index contributed by atoms with van der Waals surface area (Å²) in [5.74, 6) is 3.62. The van der Waals surface area contributed by atoms with E-state index in [2.05, 4.69) is 26.9 Å². The highest BCUT2D eigenvalue weighted by Crippen LogP contribution is 2.33. The Bertz CT molecular complexity index is 176. The standard InChI is InChI=1S/C10H18N/c1-5-8-11(3,4)10-7-6-9(10)2/h1,9-10H,6-8H2,2-4H3/q+1/t9-,10?/m1/s1. The Balaban J connectivity index is 2.51. The second-order valence-electron chi connectivity index (χ2n) is 4.26. The van der Waals surface area contributed by atoms with Gasteiger partial charge in [0.25, 0.3) is 0 Å². The number of rotatable bonds is 2. The monoisotopic (exact) mass is 152 g/mol. The van der Waals surface area contributed by atoms with Crippen molar-refractivity contribution in [1.29, 1.82) is 0 Å². The molecule has 0 N–H and O–H groups in total. The van der Waals surface area contributed by atoms with Crippen LogP contribution in [0.2, 0.25) is 0 Å². The van der Waals surface area contributed by atoms with Gasteiger partial charge in [-0.1, -0.05) is 6.92 Å². The predicted molar refractivity (Wildman–Crippen MR) is 48.0 cm³/mol. The summed E-state index contributed by atoms with van der Waals surface area (Å²) >= 11 is 0. The average Bonchev–Trinajstić information content (AvgIpc) is 1.83. The van der Waals surface area contributed by atoms with Crippen molar-refractivity contribution in [3.05, 3.63) is 0 Å². The second-order valence-corrected chi connectivity index (χ2v) is 4.26. The largest absolute Gasteiger partial charge is 0.316 e. The summed E-state index contributed by atoms with van der Waals surface area (Å²) < 4.78 is 1.01. The van der Waals surface area contributed by atoms with Gasteiger partial charge in [-0.25, -0.2) is 0 Å². The van der Waals surface area contributed by atoms with Gasteiger partial charge in [-0.2, -0.15) is 0 Å². The van der Waals surface area contributed by atoms with Crippen LogP contribution in [0.15, 0.2) is 0 Å². The smallest absolute Gasteiger partial charge is 0.140 e. The first-order valence-corrected chi connectivity index (χ1v) is 4.34. The topological polar surface area (TPSA) is 0 Å². The van der Waals surface area contributed by atoms with Crippen molar-refractivity contribution in [2.75, 3.05) is 20.6 Å². The van der Waals surface area contributed by atoms with Crippen molar-refractivity contribution in [2.24, 2.45) is 5.92 Å². The van der Waals surface area contributed by atoms with Crippen molar-refractivity contribution in [2.45, 2.75) is 25.8 Å². The van der Waals surface area contributed by atoms with Crippen molar-refractivity contribution in [3.63, 3.8) is 0 Å². The van der Waals surface area contributed by atoms with Crippen LogP contribution in [0.1, 0.15) is 19.8 Å². The maximum Gasteiger partial charge on any atom is 0.140 e. The van der Waals surface area contributed by atoms with Gasteiger partial charge in [0.2, 0.25) is 0 Å². The highest BCUT2D eigenvalue weighted by Gasteiger charge is 2.39. The van der Waals surface area contributed by atoms with Crippen LogP contribution in [0.25, 0.3) is 0 Å². The molecule has 2 atom stereocenters. The molecule has 0 amide bonds. The third kappa shape index (κ3) is 1.57. The normalized spacial score (nSPS) is 30.7. The fourth-order valence-electron chi connectivity index (χ4n) is 2.04. The molecule has 0 aromatic rings. The summed E-state index contributed by atoms with van der Waals surface area (Å²) in [5.41, 5.74) is 0. The number of terminal acetylenes is 1. The van der Waals surface area contributed by atoms with Gasteiger partial charge in [0.15, 0.2) is 0 Å². The Kier molecular flexibility index (Phi) is 2.25. The summed E-state index contributed by atoms with van der Waals surface area (Å²) in [6.45, 7) is 3.19. The SMILES string of the molecule is C#CC[N+](C)(C)C1CC[C@H]1C. The zero-order chi connectivity index (χ0) is 8.48. The van der Waals surface area contributed by atoms with Crippen LogP contribution < -0.4 is 0 Å². The van der Waals surface area contributed by atoms with Crippen LogP contribution in [0.4, 0.5) is 0 Å². The van der Waals surface area contributed by atoms with Crippen molar-refractivity contribution in [3.8, 4) is 12.3 Å². The van der Waals surface area contributed by atoms with E-state index in [0.29, 0.717) is 0 Å². The third-order valence-electron chi connectivity index (χ3n) is 2.97. The number of hydrogen-bond donors (Lipinski definition) is 0. The molecule has 0 saturated heterocycles. The molecule has 1 aliphatic rings. The van der Waals surface area contributed by atoms with Gasteiger partial charge < -0.3 is 4.48 Å². The molecule has 0 radical (unpaired) electrons. The number of quaternary nitrogens is 1. The van der Waals surface area contributed by atoms with Gasteiger partial charge in [0.1, 0.15) is 6.54 Å². The molecule has 0 aromatic heterocycles. The summed E-state index contributed by atoms with van der Waals surface area (Å²) in [6.07, 6.45) is 8.05. The summed E-state index contributed by atoms with van der Waals surface area (Å²) in [5, 5.41) is 0. The van der Waals surface area contributed by atoms with Gasteiger partial charge in [-0.3, -0.25) is 0 Å². The van der Waals surface area contributed by atoms with Crippen molar-refractivity contribution in [1.82, 2.24) is 0 Å². The van der Waals surface area contributed by atoms with Gasteiger partial charge in [0.05, 0.1) is 20.1 Å². The molecule has 1 saturated carbocycles. The lowest BCUT2D eigenvalue weighted by atomic mass is 9.79. The summed E-state index contributed by atoms with van der Waals surface area (Å²) in [4.78, 5) is 0. The maximum absolute atomic E-state index is 5.31. The van der Waals surface area contributed by atoms with E-state index in [0.717, 1.165) is 23.0 Å². The van der Waals surface area contributed by atoms with E-state index in [4.69, 9.17) is 6.42 Å². The van der Waals surface area contributed by atoms with E-state index >= 15 is 0 Å². The lowest BCUT2D eigenvalue weighted by molar-refractivity contribution is -0.918. The zero-order valence-electron chi connectivity index (χ0n) is 7.80. The van der Waals surface area contributed by atoms with E-state index in [-0.39, 0.29) is 0 Å². The van der Waals surface area contributed by atoms with Crippen LogP contribution in [0.5, 0.6) is 0 Å². The van der Waals surface area contributed by atoms with E-state index in [1.807, 2.05) is 0 Å². The molecule has 62 valence electrons. The van der Waals surface area contributed by atoms with Gasteiger partial charge in [-0.05, 0) is 12.3 Å². The Morgan fingerprint density at radius 1 is 1.45 bits per heavy atom. The molecular formula is C10H18N+. The molecule has 1 aliphatic carbocycles. The van der Waals surface area contributed by atoms with Gasteiger partial charge >= 0.3 is 0 Å². The minimum absolute atomic E-state index is 0.811. The molecule has 1 nitrogen and oxygen atoms in total. The Morgan fingerprint density at radius 2 is 2.09 bits per heavy atom. The Hall–Kier alpha value is -0.480. The van der Waals surface area contributed by atoms with E-state index in [9.17, 15) is 0 Å². The van der Waals surface area contributed by atoms with Crippen LogP contribution in [-0.4, -0.2) is 31.2 Å². The molecule has 1 rings (SSSR count). The summed E-state index contributed by atoms with van der Waals surface area (Å²) in [7, 11) is 4.47. The highest BCUT2D eigenvalue weighted by atomic mass is 15.3. The molecule has 0 heterocycles. The zero-order valence-corrected chi connectivity index (χ0v) is 7.80. The Morgan fingerprint density at radius 3 is 2.36 bits per heavy atom. The molecule has 0 aliphatic heterocycles. The van der Waals surface area contributed by atoms with Crippen LogP contribution >= 0.6 is 0 Å². The molecule has 1 heteroatoms. The fraction of sp³-hybridized carbons (Fsp3) is 0.800. The molecule has 1 unspecified atom stereocenters. The molecule has 11 heavy (non-hydrogen) atoms. The molecule has 1 fully saturated rings. The second kappa shape index (κ2) is 2.87. The quantitative estimate of drug-likeness (QED) is 0.415. The third-order valence-corrected chi connectivity index (χ3v) is 2.97. The van der Waals surface area contributed by atoms with E-state index < -0.39 is 0 Å². The van der Waals surface area contributed by atoms with Crippen LogP contribution in [0.3, 0.4) is 0 Å². The van der Waals surface area contributed by atoms with E-state index in [1.165, 1.54) is 12.8 Å². The van der Waals surface area contributed by atoms with Crippen LogP contribution in [-0.2, 0) is 0 Å². The highest BCUT2D eigenvalue weighted by molar-refractivity contribution is 4.86. The van der Waals surface area contributed by atoms with Crippen molar-refractivity contribution < 1.29 is 4.48 Å². The first kappa shape index (κ1) is 8.62. The lowest BCUT2D eigenvalue weighted by Gasteiger charge is -2.46. The van der Waals surface area contributed by atoms with Crippen molar-refractivity contribution >= 4 is 0 Å². The summed E-state index contributed by atoms with van der Waals surface area (Å²) in [6, 6.07) is 0.811. The predicted octanol–water partition coefficient (Wildman–Crippen LogP) is 1.49. The van der Waals surface area contributed by atoms with Gasteiger partial charge in [-0.15, -0.1) is 6.42 Å². The molecule has 0 bridgehead atoms. The molecule has 0 spiro atoms. The first-order chi connectivity index (χ1) is 5.08. The fourth-order valence-corrected chi connectivity index (χ4v) is 2.04. The lowest BCUT2D eigenvalue weighted by Crippen LogP contribution is -2.56. The molecular weight excluding hydrogens is 134 g/mol. The maximum atomic E-state index is 5.31.